The van der Waals surface area contributed by atoms with Crippen molar-refractivity contribution in [2.24, 2.45) is 4.99 Å². The van der Waals surface area contributed by atoms with Crippen molar-refractivity contribution in [1.29, 1.82) is 0 Å². The average molecular weight is 225 g/mol. The van der Waals surface area contributed by atoms with Crippen molar-refractivity contribution in [1.82, 2.24) is 9.55 Å². The van der Waals surface area contributed by atoms with Crippen LogP contribution >= 0.6 is 0 Å². The van der Waals surface area contributed by atoms with Crippen LogP contribution in [0.15, 0.2) is 35.7 Å². The van der Waals surface area contributed by atoms with E-state index in [1.54, 1.807) is 0 Å². The molecule has 0 spiro atoms. The minimum absolute atomic E-state index is 0.0543. The summed E-state index contributed by atoms with van der Waals surface area (Å²) in [6, 6.07) is 6.39. The predicted molar refractivity (Wildman–Crippen MR) is 69.5 cm³/mol. The number of aliphatic imine (C=N–C) groups is 1. The lowest BCUT2D eigenvalue weighted by atomic mass is 9.87. The first-order valence-electron chi connectivity index (χ1n) is 5.77. The predicted octanol–water partition coefficient (Wildman–Crippen LogP) is 3.17. The second-order valence-corrected chi connectivity index (χ2v) is 5.10. The number of benzene rings is 1. The number of rotatable bonds is 1. The van der Waals surface area contributed by atoms with Gasteiger partial charge in [0.25, 0.3) is 0 Å². The molecule has 1 aliphatic rings. The number of hydrogen-bond acceptors (Lipinski definition) is 2. The Morgan fingerprint density at radius 1 is 1.24 bits per heavy atom. The zero-order valence-corrected chi connectivity index (χ0v) is 10.3. The Morgan fingerprint density at radius 2 is 2.06 bits per heavy atom. The molecule has 2 heterocycles. The van der Waals surface area contributed by atoms with Crippen LogP contribution in [0.3, 0.4) is 0 Å². The highest BCUT2D eigenvalue weighted by molar-refractivity contribution is 5.84. The van der Waals surface area contributed by atoms with Crippen molar-refractivity contribution in [3.63, 3.8) is 0 Å². The van der Waals surface area contributed by atoms with Gasteiger partial charge in [0, 0.05) is 23.5 Å². The topological polar surface area (TPSA) is 30.2 Å². The van der Waals surface area contributed by atoms with E-state index in [9.17, 15) is 0 Å². The summed E-state index contributed by atoms with van der Waals surface area (Å²) in [5.74, 6) is 0. The van der Waals surface area contributed by atoms with Crippen LogP contribution in [0.25, 0.3) is 5.69 Å². The van der Waals surface area contributed by atoms with Gasteiger partial charge in [-0.1, -0.05) is 19.9 Å². The normalized spacial score (nSPS) is 16.2. The van der Waals surface area contributed by atoms with E-state index in [0.29, 0.717) is 0 Å². The number of nitrogens with zero attached hydrogens (tertiary/aromatic N) is 3. The Kier molecular flexibility index (Phi) is 1.99. The molecule has 0 amide bonds. The van der Waals surface area contributed by atoms with Gasteiger partial charge in [-0.25, -0.2) is 4.98 Å². The Bertz CT molecular complexity index is 606. The smallest absolute Gasteiger partial charge is 0.0995 e. The van der Waals surface area contributed by atoms with Gasteiger partial charge in [0.15, 0.2) is 0 Å². The van der Waals surface area contributed by atoms with E-state index >= 15 is 0 Å². The van der Waals surface area contributed by atoms with Crippen molar-refractivity contribution in [3.05, 3.63) is 42.0 Å². The maximum Gasteiger partial charge on any atom is 0.0995 e. The molecule has 0 atom stereocenters. The van der Waals surface area contributed by atoms with E-state index in [4.69, 9.17) is 0 Å². The SMILES string of the molecule is Cc1cn(-c2ccc3c(c2)N=CC3(C)C)cn1. The molecule has 3 nitrogen and oxygen atoms in total. The fourth-order valence-corrected chi connectivity index (χ4v) is 2.20. The highest BCUT2D eigenvalue weighted by atomic mass is 15.0. The van der Waals surface area contributed by atoms with Crippen LogP contribution in [0.2, 0.25) is 0 Å². The van der Waals surface area contributed by atoms with Crippen LogP contribution in [0.5, 0.6) is 0 Å². The Morgan fingerprint density at radius 3 is 2.76 bits per heavy atom. The maximum absolute atomic E-state index is 4.49. The summed E-state index contributed by atoms with van der Waals surface area (Å²) >= 11 is 0. The quantitative estimate of drug-likeness (QED) is 0.733. The third-order valence-corrected chi connectivity index (χ3v) is 3.21. The molecule has 1 aromatic carbocycles. The molecule has 2 aromatic rings. The second kappa shape index (κ2) is 3.29. The van der Waals surface area contributed by atoms with Gasteiger partial charge in [-0.2, -0.15) is 0 Å². The molecule has 0 unspecified atom stereocenters. The minimum atomic E-state index is 0.0543. The molecule has 3 heteroatoms. The molecule has 17 heavy (non-hydrogen) atoms. The van der Waals surface area contributed by atoms with Crippen LogP contribution in [0, 0.1) is 6.92 Å². The van der Waals surface area contributed by atoms with Crippen molar-refractivity contribution in [2.75, 3.05) is 0 Å². The standard InChI is InChI=1S/C14H15N3/c1-10-7-17(9-16-10)11-4-5-12-13(6-11)15-8-14(12,2)3/h4-9H,1-3H3. The van der Waals surface area contributed by atoms with Crippen LogP contribution in [-0.2, 0) is 5.41 Å². The number of aryl methyl sites for hydroxylation is 1. The zero-order valence-electron chi connectivity index (χ0n) is 10.3. The molecule has 0 fully saturated rings. The monoisotopic (exact) mass is 225 g/mol. The largest absolute Gasteiger partial charge is 0.306 e. The minimum Gasteiger partial charge on any atom is -0.306 e. The van der Waals surface area contributed by atoms with Gasteiger partial charge in [0.05, 0.1) is 17.7 Å². The lowest BCUT2D eigenvalue weighted by molar-refractivity contribution is 0.752. The fraction of sp³-hybridized carbons (Fsp3) is 0.286. The molecular formula is C14H15N3. The molecule has 0 saturated carbocycles. The third kappa shape index (κ3) is 1.58. The van der Waals surface area contributed by atoms with E-state index in [2.05, 4.69) is 42.0 Å². The van der Waals surface area contributed by atoms with E-state index in [1.165, 1.54) is 5.56 Å². The van der Waals surface area contributed by atoms with E-state index < -0.39 is 0 Å². The van der Waals surface area contributed by atoms with Gasteiger partial charge in [-0.3, -0.25) is 4.99 Å². The summed E-state index contributed by atoms with van der Waals surface area (Å²) in [5.41, 5.74) is 4.55. The number of fused-ring (bicyclic) bond motifs is 1. The van der Waals surface area contributed by atoms with Crippen LogP contribution in [0.1, 0.15) is 25.1 Å². The Balaban J connectivity index is 2.09. The van der Waals surface area contributed by atoms with Gasteiger partial charge in [-0.05, 0) is 24.6 Å². The van der Waals surface area contributed by atoms with Crippen LogP contribution in [0.4, 0.5) is 5.69 Å². The molecule has 0 saturated heterocycles. The summed E-state index contributed by atoms with van der Waals surface area (Å²) in [6.45, 7) is 6.36. The third-order valence-electron chi connectivity index (χ3n) is 3.21. The average Bonchev–Trinajstić information content (AvgIpc) is 2.84. The fourth-order valence-electron chi connectivity index (χ4n) is 2.20. The van der Waals surface area contributed by atoms with Crippen LogP contribution in [-0.4, -0.2) is 15.8 Å². The maximum atomic E-state index is 4.49. The molecule has 0 aliphatic carbocycles. The van der Waals surface area contributed by atoms with Gasteiger partial charge in [-0.15, -0.1) is 0 Å². The van der Waals surface area contributed by atoms with E-state index in [0.717, 1.165) is 17.1 Å². The number of aromatic nitrogens is 2. The molecular weight excluding hydrogens is 210 g/mol. The molecule has 3 rings (SSSR count). The summed E-state index contributed by atoms with van der Waals surface area (Å²) in [7, 11) is 0. The van der Waals surface area contributed by atoms with Crippen molar-refractivity contribution >= 4 is 11.9 Å². The number of imidazole rings is 1. The van der Waals surface area contributed by atoms with Gasteiger partial charge in [0.1, 0.15) is 0 Å². The molecule has 0 bridgehead atoms. The van der Waals surface area contributed by atoms with Gasteiger partial charge < -0.3 is 4.57 Å². The van der Waals surface area contributed by atoms with Gasteiger partial charge in [0.2, 0.25) is 0 Å². The molecule has 1 aromatic heterocycles. The molecule has 0 radical (unpaired) electrons. The first-order chi connectivity index (χ1) is 8.06. The van der Waals surface area contributed by atoms with E-state index in [-0.39, 0.29) is 5.41 Å². The highest BCUT2D eigenvalue weighted by Crippen LogP contribution is 2.37. The summed E-state index contributed by atoms with van der Waals surface area (Å²) in [5, 5.41) is 0. The lowest BCUT2D eigenvalue weighted by Crippen LogP contribution is -2.14. The van der Waals surface area contributed by atoms with Crippen LogP contribution < -0.4 is 0 Å². The zero-order chi connectivity index (χ0) is 12.0. The summed E-state index contributed by atoms with van der Waals surface area (Å²) < 4.78 is 2.02. The van der Waals surface area contributed by atoms with E-state index in [1.807, 2.05) is 30.2 Å². The Hall–Kier alpha value is -1.90. The highest BCUT2D eigenvalue weighted by Gasteiger charge is 2.26. The summed E-state index contributed by atoms with van der Waals surface area (Å²) in [6.07, 6.45) is 5.87. The first kappa shape index (κ1) is 10.3. The molecule has 86 valence electrons. The van der Waals surface area contributed by atoms with Crippen molar-refractivity contribution < 1.29 is 0 Å². The first-order valence-corrected chi connectivity index (χ1v) is 5.77. The molecule has 0 N–H and O–H groups in total. The second-order valence-electron chi connectivity index (χ2n) is 5.10. The molecule has 1 aliphatic heterocycles. The lowest BCUT2D eigenvalue weighted by Gasteiger charge is -2.15. The van der Waals surface area contributed by atoms with Crippen molar-refractivity contribution in [3.8, 4) is 5.69 Å². The van der Waals surface area contributed by atoms with Crippen molar-refractivity contribution in [2.45, 2.75) is 26.2 Å². The van der Waals surface area contributed by atoms with Gasteiger partial charge >= 0.3 is 0 Å². The summed E-state index contributed by atoms with van der Waals surface area (Å²) in [4.78, 5) is 8.73. The number of hydrogen-bond donors (Lipinski definition) is 0. The Labute approximate surface area is 101 Å².